The molecular formula is C14H17F2NO5S. The lowest BCUT2D eigenvalue weighted by molar-refractivity contribution is -0.136. The van der Waals surface area contributed by atoms with Crippen LogP contribution in [0.4, 0.5) is 8.78 Å². The van der Waals surface area contributed by atoms with Gasteiger partial charge in [-0.2, -0.15) is 4.31 Å². The third-order valence-electron chi connectivity index (χ3n) is 3.58. The molecule has 128 valence electrons. The SMILES string of the molecule is COc1ccc(S(=O)(=O)N2CCCC(F)(F)C2)c(CC(=O)O)c1. The number of benzene rings is 1. The number of nitrogens with zero attached hydrogens (tertiary/aromatic N) is 1. The van der Waals surface area contributed by atoms with Crippen molar-refractivity contribution in [2.24, 2.45) is 0 Å². The molecule has 1 aliphatic rings. The second kappa shape index (κ2) is 6.40. The molecule has 1 aromatic carbocycles. The van der Waals surface area contributed by atoms with Gasteiger partial charge in [0.15, 0.2) is 0 Å². The van der Waals surface area contributed by atoms with Crippen molar-refractivity contribution >= 4 is 16.0 Å². The molecule has 0 bridgehead atoms. The summed E-state index contributed by atoms with van der Waals surface area (Å²) in [5, 5.41) is 8.94. The van der Waals surface area contributed by atoms with Gasteiger partial charge in [-0.1, -0.05) is 0 Å². The van der Waals surface area contributed by atoms with E-state index in [1.807, 2.05) is 0 Å². The smallest absolute Gasteiger partial charge is 0.307 e. The lowest BCUT2D eigenvalue weighted by atomic mass is 10.1. The molecule has 6 nitrogen and oxygen atoms in total. The summed E-state index contributed by atoms with van der Waals surface area (Å²) in [5.41, 5.74) is 0.00531. The molecule has 1 aliphatic heterocycles. The standard InChI is InChI=1S/C14H17F2NO5S/c1-22-11-3-4-12(10(7-11)8-13(18)19)23(20,21)17-6-2-5-14(15,16)9-17/h3-4,7H,2,5-6,8-9H2,1H3,(H,18,19). The van der Waals surface area contributed by atoms with Gasteiger partial charge in [0.25, 0.3) is 5.92 Å². The first kappa shape index (κ1) is 17.6. The number of hydrogen-bond acceptors (Lipinski definition) is 4. The first-order chi connectivity index (χ1) is 10.7. The van der Waals surface area contributed by atoms with Crippen LogP contribution in [0.2, 0.25) is 0 Å². The lowest BCUT2D eigenvalue weighted by Gasteiger charge is -2.32. The van der Waals surface area contributed by atoms with E-state index in [0.29, 0.717) is 10.1 Å². The van der Waals surface area contributed by atoms with Crippen LogP contribution in [0.5, 0.6) is 5.75 Å². The Balaban J connectivity index is 2.44. The average molecular weight is 349 g/mol. The van der Waals surface area contributed by atoms with Crippen LogP contribution in [0.1, 0.15) is 18.4 Å². The summed E-state index contributed by atoms with van der Waals surface area (Å²) < 4.78 is 58.0. The van der Waals surface area contributed by atoms with E-state index < -0.39 is 34.9 Å². The molecule has 1 aromatic rings. The number of hydrogen-bond donors (Lipinski definition) is 1. The largest absolute Gasteiger partial charge is 0.497 e. The fraction of sp³-hybridized carbons (Fsp3) is 0.500. The Morgan fingerprint density at radius 2 is 2.13 bits per heavy atom. The zero-order chi connectivity index (χ0) is 17.3. The Bertz CT molecular complexity index is 705. The van der Waals surface area contributed by atoms with Crippen molar-refractivity contribution in [1.82, 2.24) is 4.31 Å². The Morgan fingerprint density at radius 3 is 2.70 bits per heavy atom. The summed E-state index contributed by atoms with van der Waals surface area (Å²) in [5.74, 6) is -4.01. The minimum Gasteiger partial charge on any atom is -0.497 e. The first-order valence-corrected chi connectivity index (χ1v) is 8.36. The average Bonchev–Trinajstić information content (AvgIpc) is 2.45. The minimum atomic E-state index is -4.20. The summed E-state index contributed by atoms with van der Waals surface area (Å²) in [4.78, 5) is 10.7. The maximum atomic E-state index is 13.5. The molecule has 2 rings (SSSR count). The third kappa shape index (κ3) is 3.97. The highest BCUT2D eigenvalue weighted by Crippen LogP contribution is 2.32. The molecule has 0 amide bonds. The fourth-order valence-electron chi connectivity index (χ4n) is 2.51. The van der Waals surface area contributed by atoms with E-state index in [4.69, 9.17) is 9.84 Å². The summed E-state index contributed by atoms with van der Waals surface area (Å²) >= 11 is 0. The van der Waals surface area contributed by atoms with Crippen molar-refractivity contribution in [3.63, 3.8) is 0 Å². The summed E-state index contributed by atoms with van der Waals surface area (Å²) in [6.07, 6.45) is -0.851. The van der Waals surface area contributed by atoms with E-state index in [-0.39, 0.29) is 29.8 Å². The number of rotatable bonds is 5. The van der Waals surface area contributed by atoms with Gasteiger partial charge in [-0.15, -0.1) is 0 Å². The van der Waals surface area contributed by atoms with Crippen molar-refractivity contribution in [3.8, 4) is 5.75 Å². The summed E-state index contributed by atoms with van der Waals surface area (Å²) in [7, 11) is -2.84. The van der Waals surface area contributed by atoms with E-state index in [9.17, 15) is 22.0 Å². The molecule has 1 heterocycles. The molecule has 0 atom stereocenters. The number of sulfonamides is 1. The van der Waals surface area contributed by atoms with Crippen molar-refractivity contribution < 1.29 is 31.8 Å². The molecule has 0 aliphatic carbocycles. The Kier molecular flexibility index (Phi) is 4.90. The lowest BCUT2D eigenvalue weighted by Crippen LogP contribution is -2.45. The van der Waals surface area contributed by atoms with E-state index in [2.05, 4.69) is 0 Å². The number of piperidine rings is 1. The molecule has 9 heteroatoms. The van der Waals surface area contributed by atoms with Crippen molar-refractivity contribution in [2.45, 2.75) is 30.1 Å². The monoisotopic (exact) mass is 349 g/mol. The van der Waals surface area contributed by atoms with Crippen LogP contribution in [0.3, 0.4) is 0 Å². The van der Waals surface area contributed by atoms with Gasteiger partial charge >= 0.3 is 5.97 Å². The highest BCUT2D eigenvalue weighted by atomic mass is 32.2. The van der Waals surface area contributed by atoms with E-state index in [1.165, 1.54) is 25.3 Å². The van der Waals surface area contributed by atoms with Crippen molar-refractivity contribution in [2.75, 3.05) is 20.2 Å². The third-order valence-corrected chi connectivity index (χ3v) is 5.53. The maximum absolute atomic E-state index is 13.5. The van der Waals surface area contributed by atoms with Crippen LogP contribution in [0, 0.1) is 0 Å². The molecule has 1 fully saturated rings. The number of alkyl halides is 2. The van der Waals surface area contributed by atoms with E-state index >= 15 is 0 Å². The molecule has 0 radical (unpaired) electrons. The van der Waals surface area contributed by atoms with Gasteiger partial charge in [0, 0.05) is 13.0 Å². The van der Waals surface area contributed by atoms with Crippen LogP contribution in [-0.2, 0) is 21.2 Å². The number of ether oxygens (including phenoxy) is 1. The van der Waals surface area contributed by atoms with Gasteiger partial charge in [-0.25, -0.2) is 17.2 Å². The maximum Gasteiger partial charge on any atom is 0.307 e. The number of methoxy groups -OCH3 is 1. The second-order valence-corrected chi connectivity index (χ2v) is 7.25. The predicted octanol–water partition coefficient (Wildman–Crippen LogP) is 1.74. The molecule has 0 saturated carbocycles. The van der Waals surface area contributed by atoms with Crippen LogP contribution >= 0.6 is 0 Å². The Morgan fingerprint density at radius 1 is 1.43 bits per heavy atom. The number of carboxylic acid groups (broad SMARTS) is 1. The van der Waals surface area contributed by atoms with E-state index in [1.54, 1.807) is 0 Å². The van der Waals surface area contributed by atoms with Gasteiger partial charge in [-0.05, 0) is 30.2 Å². The molecule has 1 N–H and O–H groups in total. The van der Waals surface area contributed by atoms with Crippen LogP contribution in [0.25, 0.3) is 0 Å². The van der Waals surface area contributed by atoms with Crippen LogP contribution in [-0.4, -0.2) is 49.9 Å². The van der Waals surface area contributed by atoms with E-state index in [0.717, 1.165) is 0 Å². The van der Waals surface area contributed by atoms with Gasteiger partial charge in [-0.3, -0.25) is 4.79 Å². The Hall–Kier alpha value is -1.74. The molecule has 0 spiro atoms. The molecule has 0 unspecified atom stereocenters. The minimum absolute atomic E-state index is 0.00531. The molecule has 1 saturated heterocycles. The zero-order valence-corrected chi connectivity index (χ0v) is 13.3. The normalized spacial score (nSPS) is 18.6. The molecular weight excluding hydrogens is 332 g/mol. The van der Waals surface area contributed by atoms with Gasteiger partial charge in [0.2, 0.25) is 10.0 Å². The highest BCUT2D eigenvalue weighted by molar-refractivity contribution is 7.89. The van der Waals surface area contributed by atoms with Gasteiger partial charge in [0.05, 0.1) is 25.0 Å². The predicted molar refractivity (Wildman–Crippen MR) is 77.3 cm³/mol. The summed E-state index contributed by atoms with van der Waals surface area (Å²) in [6, 6.07) is 3.85. The first-order valence-electron chi connectivity index (χ1n) is 6.92. The molecule has 23 heavy (non-hydrogen) atoms. The van der Waals surface area contributed by atoms with Crippen molar-refractivity contribution in [3.05, 3.63) is 23.8 Å². The van der Waals surface area contributed by atoms with Crippen LogP contribution < -0.4 is 4.74 Å². The fourth-order valence-corrected chi connectivity index (χ4v) is 4.22. The second-order valence-electron chi connectivity index (χ2n) is 5.34. The zero-order valence-electron chi connectivity index (χ0n) is 12.5. The topological polar surface area (TPSA) is 83.9 Å². The van der Waals surface area contributed by atoms with Gasteiger partial charge < -0.3 is 9.84 Å². The number of carbonyl (C=O) groups is 1. The number of carboxylic acids is 1. The molecule has 0 aromatic heterocycles. The van der Waals surface area contributed by atoms with Crippen molar-refractivity contribution in [1.29, 1.82) is 0 Å². The van der Waals surface area contributed by atoms with Gasteiger partial charge in [0.1, 0.15) is 5.75 Å². The van der Waals surface area contributed by atoms with Crippen LogP contribution in [0.15, 0.2) is 23.1 Å². The number of aliphatic carboxylic acids is 1. The quantitative estimate of drug-likeness (QED) is 0.875. The summed E-state index contributed by atoms with van der Waals surface area (Å²) in [6.45, 7) is -0.912. The number of halogens is 2. The Labute approximate surface area is 132 Å². The highest BCUT2D eigenvalue weighted by Gasteiger charge is 2.41.